The molecule has 0 saturated heterocycles. The van der Waals surface area contributed by atoms with Crippen LogP contribution in [0.2, 0.25) is 0 Å². The number of guanidine groups is 1. The highest BCUT2D eigenvalue weighted by atomic mass is 15.2. The molecule has 2 N–H and O–H groups in total. The minimum Gasteiger partial charge on any atom is -0.356 e. The maximum atomic E-state index is 4.27. The highest BCUT2D eigenvalue weighted by Crippen LogP contribution is 2.18. The Morgan fingerprint density at radius 2 is 1.95 bits per heavy atom. The first-order valence-electron chi connectivity index (χ1n) is 8.26. The molecule has 4 heteroatoms. The Bertz CT molecular complexity index is 502. The lowest BCUT2D eigenvalue weighted by Gasteiger charge is -2.29. The molecule has 2 rings (SSSR count). The second-order valence-corrected chi connectivity index (χ2v) is 7.02. The van der Waals surface area contributed by atoms with Crippen LogP contribution in [0.4, 0.5) is 0 Å². The van der Waals surface area contributed by atoms with Crippen LogP contribution in [0.5, 0.6) is 0 Å². The molecule has 0 atom stereocenters. The molecule has 1 aromatic rings. The maximum absolute atomic E-state index is 4.27. The Hall–Kier alpha value is -1.55. The molecule has 0 amide bonds. The standard InChI is InChI=1S/C18H30N4/c1-18(2,3)21-17(19-4)20-11-7-12-22-13-10-15-8-5-6-9-16(15)14-22/h5-6,8-9H,7,10-14H2,1-4H3,(H2,19,20,21). The summed E-state index contributed by atoms with van der Waals surface area (Å²) in [7, 11) is 1.82. The van der Waals surface area contributed by atoms with Crippen LogP contribution >= 0.6 is 0 Å². The summed E-state index contributed by atoms with van der Waals surface area (Å²) < 4.78 is 0. The zero-order valence-corrected chi connectivity index (χ0v) is 14.4. The van der Waals surface area contributed by atoms with Gasteiger partial charge in [0.1, 0.15) is 0 Å². The van der Waals surface area contributed by atoms with E-state index in [1.54, 1.807) is 0 Å². The third kappa shape index (κ3) is 5.34. The number of nitrogens with zero attached hydrogens (tertiary/aromatic N) is 2. The molecule has 1 aliphatic heterocycles. The van der Waals surface area contributed by atoms with Gasteiger partial charge in [-0.05, 0) is 44.7 Å². The fourth-order valence-corrected chi connectivity index (χ4v) is 2.79. The van der Waals surface area contributed by atoms with Gasteiger partial charge >= 0.3 is 0 Å². The molecule has 22 heavy (non-hydrogen) atoms. The molecular formula is C18H30N4. The van der Waals surface area contributed by atoms with Crippen LogP contribution in [0.1, 0.15) is 38.3 Å². The first kappa shape index (κ1) is 16.8. The van der Waals surface area contributed by atoms with Crippen molar-refractivity contribution in [3.05, 3.63) is 35.4 Å². The van der Waals surface area contributed by atoms with Gasteiger partial charge in [0.2, 0.25) is 0 Å². The van der Waals surface area contributed by atoms with Crippen molar-refractivity contribution in [2.75, 3.05) is 26.7 Å². The van der Waals surface area contributed by atoms with Gasteiger partial charge < -0.3 is 10.6 Å². The van der Waals surface area contributed by atoms with E-state index < -0.39 is 0 Å². The number of rotatable bonds is 4. The number of fused-ring (bicyclic) bond motifs is 1. The van der Waals surface area contributed by atoms with Gasteiger partial charge in [0.15, 0.2) is 5.96 Å². The van der Waals surface area contributed by atoms with E-state index in [9.17, 15) is 0 Å². The van der Waals surface area contributed by atoms with Gasteiger partial charge in [0.05, 0.1) is 0 Å². The molecule has 0 aliphatic carbocycles. The Kier molecular flexibility index (Phi) is 5.83. The van der Waals surface area contributed by atoms with Crippen molar-refractivity contribution >= 4 is 5.96 Å². The van der Waals surface area contributed by atoms with E-state index in [1.165, 1.54) is 24.1 Å². The first-order chi connectivity index (χ1) is 10.5. The summed E-state index contributed by atoms with van der Waals surface area (Å²) in [4.78, 5) is 6.81. The van der Waals surface area contributed by atoms with Gasteiger partial charge in [-0.3, -0.25) is 9.89 Å². The van der Waals surface area contributed by atoms with E-state index >= 15 is 0 Å². The minimum atomic E-state index is 0.0401. The normalized spacial score (nSPS) is 16.3. The Morgan fingerprint density at radius 3 is 2.64 bits per heavy atom. The van der Waals surface area contributed by atoms with Gasteiger partial charge in [0.25, 0.3) is 0 Å². The molecule has 0 unspecified atom stereocenters. The number of benzene rings is 1. The third-order valence-corrected chi connectivity index (χ3v) is 3.87. The average molecular weight is 302 g/mol. The van der Waals surface area contributed by atoms with Crippen LogP contribution < -0.4 is 10.6 Å². The zero-order chi connectivity index (χ0) is 16.0. The van der Waals surface area contributed by atoms with E-state index in [2.05, 4.69) is 65.6 Å². The fourth-order valence-electron chi connectivity index (χ4n) is 2.79. The van der Waals surface area contributed by atoms with E-state index in [1.807, 2.05) is 7.05 Å². The average Bonchev–Trinajstić information content (AvgIpc) is 2.49. The lowest BCUT2D eigenvalue weighted by Crippen LogP contribution is -2.48. The Labute approximate surface area is 135 Å². The molecule has 1 aliphatic rings. The molecule has 4 nitrogen and oxygen atoms in total. The lowest BCUT2D eigenvalue weighted by molar-refractivity contribution is 0.251. The molecule has 0 aromatic heterocycles. The molecule has 122 valence electrons. The maximum Gasteiger partial charge on any atom is 0.191 e. The van der Waals surface area contributed by atoms with Crippen molar-refractivity contribution < 1.29 is 0 Å². The molecule has 1 aromatic carbocycles. The quantitative estimate of drug-likeness (QED) is 0.510. The van der Waals surface area contributed by atoms with Crippen molar-refractivity contribution in [2.24, 2.45) is 4.99 Å². The molecule has 0 bridgehead atoms. The van der Waals surface area contributed by atoms with Crippen LogP contribution in [0.15, 0.2) is 29.3 Å². The van der Waals surface area contributed by atoms with Gasteiger partial charge in [-0.25, -0.2) is 0 Å². The van der Waals surface area contributed by atoms with Gasteiger partial charge in [0, 0.05) is 38.8 Å². The fraction of sp³-hybridized carbons (Fsp3) is 0.611. The SMILES string of the molecule is CN=C(NCCCN1CCc2ccccc2C1)NC(C)(C)C. The van der Waals surface area contributed by atoms with E-state index in [0.29, 0.717) is 0 Å². The number of nitrogens with one attached hydrogen (secondary N) is 2. The minimum absolute atomic E-state index is 0.0401. The summed E-state index contributed by atoms with van der Waals surface area (Å²) in [5, 5.41) is 6.78. The largest absolute Gasteiger partial charge is 0.356 e. The molecule has 0 spiro atoms. The number of aliphatic imine (C=N–C) groups is 1. The van der Waals surface area contributed by atoms with Gasteiger partial charge in [-0.2, -0.15) is 0 Å². The van der Waals surface area contributed by atoms with Crippen LogP contribution in [0.25, 0.3) is 0 Å². The van der Waals surface area contributed by atoms with E-state index in [-0.39, 0.29) is 5.54 Å². The van der Waals surface area contributed by atoms with Crippen LogP contribution in [0.3, 0.4) is 0 Å². The molecule has 0 saturated carbocycles. The molecule has 0 radical (unpaired) electrons. The molecule has 1 heterocycles. The Morgan fingerprint density at radius 1 is 1.23 bits per heavy atom. The molecule has 0 fully saturated rings. The smallest absolute Gasteiger partial charge is 0.191 e. The zero-order valence-electron chi connectivity index (χ0n) is 14.4. The second kappa shape index (κ2) is 7.63. The van der Waals surface area contributed by atoms with Gasteiger partial charge in [-0.1, -0.05) is 24.3 Å². The summed E-state index contributed by atoms with van der Waals surface area (Å²) in [5.74, 6) is 0.886. The van der Waals surface area contributed by atoms with Crippen LogP contribution in [-0.4, -0.2) is 43.1 Å². The van der Waals surface area contributed by atoms with Gasteiger partial charge in [-0.15, -0.1) is 0 Å². The second-order valence-electron chi connectivity index (χ2n) is 7.02. The van der Waals surface area contributed by atoms with Crippen LogP contribution in [-0.2, 0) is 13.0 Å². The van der Waals surface area contributed by atoms with Crippen LogP contribution in [0, 0.1) is 0 Å². The summed E-state index contributed by atoms with van der Waals surface area (Å²) in [6, 6.07) is 8.81. The first-order valence-corrected chi connectivity index (χ1v) is 8.26. The topological polar surface area (TPSA) is 39.7 Å². The lowest BCUT2D eigenvalue weighted by atomic mass is 10.00. The third-order valence-electron chi connectivity index (χ3n) is 3.87. The number of hydrogen-bond acceptors (Lipinski definition) is 2. The highest BCUT2D eigenvalue weighted by molar-refractivity contribution is 5.80. The summed E-state index contributed by atoms with van der Waals surface area (Å²) in [5.41, 5.74) is 3.05. The van der Waals surface area contributed by atoms with E-state index in [4.69, 9.17) is 0 Å². The number of hydrogen-bond donors (Lipinski definition) is 2. The van der Waals surface area contributed by atoms with E-state index in [0.717, 1.165) is 32.0 Å². The summed E-state index contributed by atoms with van der Waals surface area (Å²) >= 11 is 0. The highest BCUT2D eigenvalue weighted by Gasteiger charge is 2.15. The summed E-state index contributed by atoms with van der Waals surface area (Å²) in [6.45, 7) is 10.8. The molecular weight excluding hydrogens is 272 g/mol. The predicted molar refractivity (Wildman–Crippen MR) is 94.3 cm³/mol. The Balaban J connectivity index is 1.69. The summed E-state index contributed by atoms with van der Waals surface area (Å²) in [6.07, 6.45) is 2.31. The van der Waals surface area contributed by atoms with Crippen molar-refractivity contribution in [3.63, 3.8) is 0 Å². The van der Waals surface area contributed by atoms with Crippen molar-refractivity contribution in [1.29, 1.82) is 0 Å². The monoisotopic (exact) mass is 302 g/mol. The van der Waals surface area contributed by atoms with Crippen molar-refractivity contribution in [2.45, 2.75) is 45.7 Å². The van der Waals surface area contributed by atoms with Crippen molar-refractivity contribution in [1.82, 2.24) is 15.5 Å². The van der Waals surface area contributed by atoms with Crippen molar-refractivity contribution in [3.8, 4) is 0 Å². The predicted octanol–water partition coefficient (Wildman–Crippen LogP) is 2.40.